The van der Waals surface area contributed by atoms with Gasteiger partial charge in [-0.05, 0) is 13.8 Å². The summed E-state index contributed by atoms with van der Waals surface area (Å²) in [5.41, 5.74) is 0. The number of ether oxygens (including phenoxy) is 2. The van der Waals surface area contributed by atoms with E-state index in [9.17, 15) is 4.79 Å². The first-order valence-corrected chi connectivity index (χ1v) is 3.58. The second-order valence-electron chi connectivity index (χ2n) is 2.12. The van der Waals surface area contributed by atoms with Crippen molar-refractivity contribution in [1.29, 1.82) is 0 Å². The summed E-state index contributed by atoms with van der Waals surface area (Å²) in [4.78, 5) is 10.6. The standard InChI is InChI=1S/C7H14O4.Cs.H/c1-4-10-7(3,6(8)9)11-5-2;;/h4-5H2,1-3H3,(H,8,9);;/q;+1;-1. The molecule has 12 heavy (non-hydrogen) atoms. The van der Waals surface area contributed by atoms with Crippen molar-refractivity contribution in [2.24, 2.45) is 0 Å². The molecule has 0 saturated heterocycles. The minimum atomic E-state index is -1.48. The number of hydrogen-bond acceptors (Lipinski definition) is 3. The van der Waals surface area contributed by atoms with Gasteiger partial charge in [-0.3, -0.25) is 0 Å². The van der Waals surface area contributed by atoms with Crippen LogP contribution in [0.3, 0.4) is 0 Å². The molecule has 0 amide bonds. The van der Waals surface area contributed by atoms with E-state index in [0.717, 1.165) is 0 Å². The van der Waals surface area contributed by atoms with Gasteiger partial charge in [0.15, 0.2) is 0 Å². The first kappa shape index (κ1) is 15.9. The number of carboxylic acids is 1. The fraction of sp³-hybridized carbons (Fsp3) is 0.857. The Bertz CT molecular complexity index is 136. The molecule has 0 unspecified atom stereocenters. The zero-order valence-corrected chi connectivity index (χ0v) is 14.4. The van der Waals surface area contributed by atoms with E-state index in [4.69, 9.17) is 14.6 Å². The Hall–Kier alpha value is 1.44. The average molecular weight is 296 g/mol. The van der Waals surface area contributed by atoms with Crippen molar-refractivity contribution < 1.29 is 89.7 Å². The number of rotatable bonds is 5. The molecule has 0 radical (unpaired) electrons. The van der Waals surface area contributed by atoms with Crippen LogP contribution in [-0.4, -0.2) is 30.1 Å². The van der Waals surface area contributed by atoms with E-state index in [2.05, 4.69) is 0 Å². The second kappa shape index (κ2) is 7.81. The molecule has 0 aliphatic heterocycles. The third kappa shape index (κ3) is 5.23. The molecule has 0 aromatic heterocycles. The molecule has 4 nitrogen and oxygen atoms in total. The maximum absolute atomic E-state index is 10.6. The molecule has 0 saturated carbocycles. The van der Waals surface area contributed by atoms with Gasteiger partial charge >= 0.3 is 74.9 Å². The first-order chi connectivity index (χ1) is 5.06. The molecular formula is C7H15CsO4. The van der Waals surface area contributed by atoms with Crippen LogP contribution in [0.1, 0.15) is 22.2 Å². The summed E-state index contributed by atoms with van der Waals surface area (Å²) in [5.74, 6) is -2.58. The first-order valence-electron chi connectivity index (χ1n) is 3.58. The summed E-state index contributed by atoms with van der Waals surface area (Å²) in [7, 11) is 0. The molecule has 0 rings (SSSR count). The van der Waals surface area contributed by atoms with Crippen LogP contribution in [0.2, 0.25) is 0 Å². The summed E-state index contributed by atoms with van der Waals surface area (Å²) in [5, 5.41) is 8.64. The van der Waals surface area contributed by atoms with Crippen molar-refractivity contribution in [3.63, 3.8) is 0 Å². The van der Waals surface area contributed by atoms with Crippen LogP contribution >= 0.6 is 0 Å². The van der Waals surface area contributed by atoms with Crippen molar-refractivity contribution in [2.45, 2.75) is 26.6 Å². The summed E-state index contributed by atoms with van der Waals surface area (Å²) in [6.45, 7) is 5.48. The second-order valence-corrected chi connectivity index (χ2v) is 2.12. The zero-order valence-electron chi connectivity index (χ0n) is 9.09. The summed E-state index contributed by atoms with van der Waals surface area (Å²) >= 11 is 0. The Balaban J connectivity index is -0.000000500. The third-order valence-corrected chi connectivity index (χ3v) is 1.23. The summed E-state index contributed by atoms with van der Waals surface area (Å²) in [6.07, 6.45) is 0. The number of carbonyl (C=O) groups is 1. The normalized spacial score (nSPS) is 10.6. The van der Waals surface area contributed by atoms with Crippen LogP contribution in [0.5, 0.6) is 0 Å². The van der Waals surface area contributed by atoms with E-state index in [0.29, 0.717) is 13.2 Å². The molecule has 0 aromatic rings. The minimum Gasteiger partial charge on any atom is -1.00 e. The average Bonchev–Trinajstić information content (AvgIpc) is 1.88. The molecule has 1 N–H and O–H groups in total. The predicted molar refractivity (Wildman–Crippen MR) is 40.4 cm³/mol. The molecule has 0 bridgehead atoms. The Labute approximate surface area is 133 Å². The Morgan fingerprint density at radius 3 is 1.92 bits per heavy atom. The third-order valence-electron chi connectivity index (χ3n) is 1.23. The fourth-order valence-corrected chi connectivity index (χ4v) is 0.716. The molecule has 0 fully saturated rings. The van der Waals surface area contributed by atoms with Crippen LogP contribution in [-0.2, 0) is 14.3 Å². The van der Waals surface area contributed by atoms with Crippen LogP contribution in [0.4, 0.5) is 0 Å². The van der Waals surface area contributed by atoms with Crippen LogP contribution in [0.15, 0.2) is 0 Å². The van der Waals surface area contributed by atoms with E-state index in [-0.39, 0.29) is 70.3 Å². The summed E-state index contributed by atoms with van der Waals surface area (Å²) in [6, 6.07) is 0. The summed E-state index contributed by atoms with van der Waals surface area (Å²) < 4.78 is 9.82. The monoisotopic (exact) mass is 296 g/mol. The van der Waals surface area contributed by atoms with E-state index < -0.39 is 11.8 Å². The van der Waals surface area contributed by atoms with Gasteiger partial charge in [0.05, 0.1) is 0 Å². The van der Waals surface area contributed by atoms with E-state index in [1.165, 1.54) is 6.92 Å². The Kier molecular flexibility index (Phi) is 10.3. The van der Waals surface area contributed by atoms with Gasteiger partial charge in [-0.2, -0.15) is 0 Å². The van der Waals surface area contributed by atoms with Crippen LogP contribution < -0.4 is 68.9 Å². The maximum Gasteiger partial charge on any atom is 1.00 e. The SMILES string of the molecule is CCOC(C)(OCC)C(=O)O.[Cs+].[H-]. The number of hydrogen-bond donors (Lipinski definition) is 1. The van der Waals surface area contributed by atoms with E-state index >= 15 is 0 Å². The Morgan fingerprint density at radius 1 is 1.42 bits per heavy atom. The molecule has 0 atom stereocenters. The fourth-order valence-electron chi connectivity index (χ4n) is 0.716. The quantitative estimate of drug-likeness (QED) is 0.595. The van der Waals surface area contributed by atoms with Gasteiger partial charge in [0.25, 0.3) is 5.79 Å². The molecular weight excluding hydrogens is 281 g/mol. The maximum atomic E-state index is 10.6. The number of carboxylic acid groups (broad SMARTS) is 1. The van der Waals surface area contributed by atoms with Gasteiger partial charge in [0.1, 0.15) is 0 Å². The largest absolute Gasteiger partial charge is 1.00 e. The van der Waals surface area contributed by atoms with Crippen molar-refractivity contribution in [2.75, 3.05) is 13.2 Å². The molecule has 0 aromatic carbocycles. The van der Waals surface area contributed by atoms with E-state index in [1.54, 1.807) is 13.8 Å². The van der Waals surface area contributed by atoms with Crippen molar-refractivity contribution in [3.8, 4) is 0 Å². The molecule has 68 valence electrons. The molecule has 0 aliphatic carbocycles. The molecule has 0 aliphatic rings. The van der Waals surface area contributed by atoms with Gasteiger partial charge in [0, 0.05) is 20.1 Å². The predicted octanol–water partition coefficient (Wildman–Crippen LogP) is -2.02. The zero-order chi connectivity index (χ0) is 8.91. The van der Waals surface area contributed by atoms with Crippen LogP contribution in [0, 0.1) is 0 Å². The molecule has 0 spiro atoms. The van der Waals surface area contributed by atoms with E-state index in [1.807, 2.05) is 0 Å². The van der Waals surface area contributed by atoms with Gasteiger partial charge in [-0.25, -0.2) is 4.79 Å². The minimum absolute atomic E-state index is 0. The van der Waals surface area contributed by atoms with Crippen LogP contribution in [0.25, 0.3) is 0 Å². The van der Waals surface area contributed by atoms with Gasteiger partial charge in [0.2, 0.25) is 0 Å². The molecule has 0 heterocycles. The van der Waals surface area contributed by atoms with Crippen molar-refractivity contribution in [1.82, 2.24) is 0 Å². The number of aliphatic carboxylic acids is 1. The smallest absolute Gasteiger partial charge is 1.00 e. The topological polar surface area (TPSA) is 55.8 Å². The van der Waals surface area contributed by atoms with Crippen molar-refractivity contribution in [3.05, 3.63) is 0 Å². The van der Waals surface area contributed by atoms with Gasteiger partial charge in [-0.15, -0.1) is 0 Å². The van der Waals surface area contributed by atoms with Gasteiger partial charge in [-0.1, -0.05) is 0 Å². The molecule has 5 heteroatoms. The Morgan fingerprint density at radius 2 is 1.75 bits per heavy atom. The van der Waals surface area contributed by atoms with Gasteiger partial charge < -0.3 is 16.0 Å². The van der Waals surface area contributed by atoms with Crippen molar-refractivity contribution >= 4 is 5.97 Å².